The third-order valence-electron chi connectivity index (χ3n) is 4.22. The highest BCUT2D eigenvalue weighted by Gasteiger charge is 2.24. The van der Waals surface area contributed by atoms with E-state index in [0.29, 0.717) is 0 Å². The molecule has 1 aromatic heterocycles. The molecule has 3 heteroatoms. The highest BCUT2D eigenvalue weighted by atomic mass is 35.5. The zero-order valence-corrected chi connectivity index (χ0v) is 12.5. The van der Waals surface area contributed by atoms with Crippen LogP contribution in [0.15, 0.2) is 36.5 Å². The van der Waals surface area contributed by atoms with Gasteiger partial charge in [0.05, 0.1) is 5.52 Å². The molecule has 0 bridgehead atoms. The number of rotatable bonds is 6. The number of fused-ring (bicyclic) bond motifs is 1. The van der Waals surface area contributed by atoms with Crippen LogP contribution in [-0.2, 0) is 6.54 Å². The second kappa shape index (κ2) is 6.55. The minimum absolute atomic E-state index is 0.755. The van der Waals surface area contributed by atoms with Crippen molar-refractivity contribution in [1.29, 1.82) is 0 Å². The van der Waals surface area contributed by atoms with Gasteiger partial charge in [0.15, 0.2) is 0 Å². The lowest BCUT2D eigenvalue weighted by atomic mass is 9.91. The molecule has 1 aromatic carbocycles. The largest absolute Gasteiger partial charge is 0.296 e. The van der Waals surface area contributed by atoms with Crippen molar-refractivity contribution in [2.24, 2.45) is 0 Å². The maximum absolute atomic E-state index is 5.86. The van der Waals surface area contributed by atoms with Gasteiger partial charge in [-0.3, -0.25) is 9.88 Å². The second-order valence-electron chi connectivity index (χ2n) is 5.63. The molecule has 2 nitrogen and oxygen atoms in total. The summed E-state index contributed by atoms with van der Waals surface area (Å²) in [6.07, 6.45) is 6.99. The number of aromatic nitrogens is 1. The Morgan fingerprint density at radius 2 is 2.15 bits per heavy atom. The molecule has 0 aliphatic heterocycles. The maximum Gasteiger partial charge on any atom is 0.0702 e. The van der Waals surface area contributed by atoms with E-state index in [1.54, 1.807) is 0 Å². The van der Waals surface area contributed by atoms with Crippen LogP contribution in [0.4, 0.5) is 0 Å². The van der Waals surface area contributed by atoms with Crippen molar-refractivity contribution in [3.05, 3.63) is 42.1 Å². The van der Waals surface area contributed by atoms with Crippen molar-refractivity contribution in [3.63, 3.8) is 0 Å². The summed E-state index contributed by atoms with van der Waals surface area (Å²) in [6.45, 7) is 2.14. The fraction of sp³-hybridized carbons (Fsp3) is 0.471. The van der Waals surface area contributed by atoms with Gasteiger partial charge in [-0.15, -0.1) is 11.6 Å². The molecule has 0 amide bonds. The van der Waals surface area contributed by atoms with Crippen molar-refractivity contribution in [2.75, 3.05) is 12.4 Å². The highest BCUT2D eigenvalue weighted by Crippen LogP contribution is 2.27. The molecule has 0 atom stereocenters. The van der Waals surface area contributed by atoms with E-state index in [9.17, 15) is 0 Å². The molecular weight excluding hydrogens is 268 g/mol. The van der Waals surface area contributed by atoms with Crippen LogP contribution < -0.4 is 0 Å². The Morgan fingerprint density at radius 1 is 1.25 bits per heavy atom. The van der Waals surface area contributed by atoms with Gasteiger partial charge in [-0.2, -0.15) is 0 Å². The SMILES string of the molecule is ClCCCN(Cc1ccc2ncccc2c1)C1CCC1. The Labute approximate surface area is 125 Å². The molecule has 1 aliphatic rings. The van der Waals surface area contributed by atoms with Crippen molar-refractivity contribution < 1.29 is 0 Å². The van der Waals surface area contributed by atoms with Gasteiger partial charge < -0.3 is 0 Å². The molecule has 1 fully saturated rings. The summed E-state index contributed by atoms with van der Waals surface area (Å²) in [5.41, 5.74) is 2.46. The maximum atomic E-state index is 5.86. The smallest absolute Gasteiger partial charge is 0.0702 e. The van der Waals surface area contributed by atoms with Crippen LogP contribution in [0.2, 0.25) is 0 Å². The predicted octanol–water partition coefficient (Wildman–Crippen LogP) is 4.22. The van der Waals surface area contributed by atoms with Crippen LogP contribution in [-0.4, -0.2) is 28.4 Å². The van der Waals surface area contributed by atoms with Crippen molar-refractivity contribution in [2.45, 2.75) is 38.3 Å². The van der Waals surface area contributed by atoms with Gasteiger partial charge in [0.25, 0.3) is 0 Å². The molecule has 0 saturated heterocycles. The number of benzene rings is 1. The van der Waals surface area contributed by atoms with E-state index in [-0.39, 0.29) is 0 Å². The summed E-state index contributed by atoms with van der Waals surface area (Å²) in [6, 6.07) is 11.5. The summed E-state index contributed by atoms with van der Waals surface area (Å²) < 4.78 is 0. The number of pyridine rings is 1. The summed E-state index contributed by atoms with van der Waals surface area (Å²) in [5, 5.41) is 1.23. The molecule has 0 unspecified atom stereocenters. The molecule has 106 valence electrons. The van der Waals surface area contributed by atoms with E-state index in [1.807, 2.05) is 12.3 Å². The Hall–Kier alpha value is -1.12. The van der Waals surface area contributed by atoms with E-state index in [2.05, 4.69) is 34.1 Å². The van der Waals surface area contributed by atoms with Gasteiger partial charge in [0, 0.05) is 30.0 Å². The summed E-state index contributed by atoms with van der Waals surface area (Å²) in [5.74, 6) is 0.755. The Bertz CT molecular complexity index is 566. The van der Waals surface area contributed by atoms with Gasteiger partial charge in [0.2, 0.25) is 0 Å². The average Bonchev–Trinajstić information content (AvgIpc) is 2.43. The Kier molecular flexibility index (Phi) is 4.54. The van der Waals surface area contributed by atoms with Crippen LogP contribution in [0, 0.1) is 0 Å². The fourth-order valence-corrected chi connectivity index (χ4v) is 2.98. The molecule has 2 aromatic rings. The van der Waals surface area contributed by atoms with E-state index in [1.165, 1.54) is 30.2 Å². The third kappa shape index (κ3) is 3.13. The van der Waals surface area contributed by atoms with Crippen molar-refractivity contribution in [3.8, 4) is 0 Å². The quantitative estimate of drug-likeness (QED) is 0.740. The minimum atomic E-state index is 0.755. The van der Waals surface area contributed by atoms with Crippen molar-refractivity contribution in [1.82, 2.24) is 9.88 Å². The lowest BCUT2D eigenvalue weighted by molar-refractivity contribution is 0.120. The summed E-state index contributed by atoms with van der Waals surface area (Å²) in [7, 11) is 0. The predicted molar refractivity (Wildman–Crippen MR) is 85.1 cm³/mol. The lowest BCUT2D eigenvalue weighted by Crippen LogP contribution is -2.40. The number of alkyl halides is 1. The fourth-order valence-electron chi connectivity index (χ4n) is 2.86. The first-order valence-electron chi connectivity index (χ1n) is 7.50. The molecular formula is C17H21ClN2. The summed E-state index contributed by atoms with van der Waals surface area (Å²) >= 11 is 5.86. The molecule has 1 heterocycles. The first-order chi connectivity index (χ1) is 9.86. The number of halogens is 1. The number of nitrogens with zero attached hydrogens (tertiary/aromatic N) is 2. The molecule has 1 saturated carbocycles. The molecule has 0 spiro atoms. The van der Waals surface area contributed by atoms with Crippen LogP contribution >= 0.6 is 11.6 Å². The average molecular weight is 289 g/mol. The van der Waals surface area contributed by atoms with Gasteiger partial charge in [-0.05, 0) is 49.6 Å². The van der Waals surface area contributed by atoms with Gasteiger partial charge in [-0.25, -0.2) is 0 Å². The molecule has 0 radical (unpaired) electrons. The highest BCUT2D eigenvalue weighted by molar-refractivity contribution is 6.17. The number of hydrogen-bond acceptors (Lipinski definition) is 2. The summed E-state index contributed by atoms with van der Waals surface area (Å²) in [4.78, 5) is 6.98. The van der Waals surface area contributed by atoms with E-state index >= 15 is 0 Å². The van der Waals surface area contributed by atoms with E-state index < -0.39 is 0 Å². The molecule has 20 heavy (non-hydrogen) atoms. The zero-order valence-electron chi connectivity index (χ0n) is 11.8. The van der Waals surface area contributed by atoms with Crippen LogP contribution in [0.1, 0.15) is 31.2 Å². The van der Waals surface area contributed by atoms with Gasteiger partial charge in [0.1, 0.15) is 0 Å². The third-order valence-corrected chi connectivity index (χ3v) is 4.49. The van der Waals surface area contributed by atoms with Crippen LogP contribution in [0.5, 0.6) is 0 Å². The monoisotopic (exact) mass is 288 g/mol. The first kappa shape index (κ1) is 13.8. The lowest BCUT2D eigenvalue weighted by Gasteiger charge is -2.37. The standard InChI is InChI=1S/C17H21ClN2/c18-9-3-11-20(16-5-1-6-16)13-14-7-8-17-15(12-14)4-2-10-19-17/h2,4,7-8,10,12,16H,1,3,5-6,9,11,13H2. The first-order valence-corrected chi connectivity index (χ1v) is 8.04. The molecule has 3 rings (SSSR count). The Morgan fingerprint density at radius 3 is 2.90 bits per heavy atom. The van der Waals surface area contributed by atoms with Crippen LogP contribution in [0.25, 0.3) is 10.9 Å². The zero-order chi connectivity index (χ0) is 13.8. The van der Waals surface area contributed by atoms with Gasteiger partial charge >= 0.3 is 0 Å². The molecule has 0 N–H and O–H groups in total. The van der Waals surface area contributed by atoms with E-state index in [4.69, 9.17) is 11.6 Å². The number of hydrogen-bond donors (Lipinski definition) is 0. The van der Waals surface area contributed by atoms with E-state index in [0.717, 1.165) is 36.9 Å². The van der Waals surface area contributed by atoms with Gasteiger partial charge in [-0.1, -0.05) is 18.6 Å². The topological polar surface area (TPSA) is 16.1 Å². The normalized spacial score (nSPS) is 15.7. The van der Waals surface area contributed by atoms with Crippen molar-refractivity contribution >= 4 is 22.5 Å². The Balaban J connectivity index is 1.74. The van der Waals surface area contributed by atoms with Crippen LogP contribution in [0.3, 0.4) is 0 Å². The minimum Gasteiger partial charge on any atom is -0.296 e. The molecule has 1 aliphatic carbocycles. The second-order valence-corrected chi connectivity index (χ2v) is 6.01.